The third-order valence-corrected chi connectivity index (χ3v) is 4.63. The molecule has 0 spiro atoms. The Bertz CT molecular complexity index is 408. The molecule has 1 aliphatic heterocycles. The molecule has 19 heavy (non-hydrogen) atoms. The van der Waals surface area contributed by atoms with Crippen molar-refractivity contribution in [2.24, 2.45) is 0 Å². The van der Waals surface area contributed by atoms with Gasteiger partial charge in [-0.2, -0.15) is 0 Å². The van der Waals surface area contributed by atoms with Crippen LogP contribution < -0.4 is 5.32 Å². The summed E-state index contributed by atoms with van der Waals surface area (Å²) in [6, 6.07) is 2.34. The van der Waals surface area contributed by atoms with Gasteiger partial charge >= 0.3 is 0 Å². The largest absolute Gasteiger partial charge is 0.378 e. The van der Waals surface area contributed by atoms with Crippen LogP contribution in [0, 0.1) is 0 Å². The van der Waals surface area contributed by atoms with E-state index in [9.17, 15) is 0 Å². The highest BCUT2D eigenvalue weighted by Gasteiger charge is 2.18. The molecule has 1 saturated heterocycles. The first kappa shape index (κ1) is 15.4. The lowest BCUT2D eigenvalue weighted by atomic mass is 10.0. The maximum Gasteiger partial charge on any atom is 0.0715 e. The minimum absolute atomic E-state index is 0.295. The van der Waals surface area contributed by atoms with Crippen molar-refractivity contribution < 1.29 is 4.74 Å². The Balaban J connectivity index is 1.88. The van der Waals surface area contributed by atoms with Crippen molar-refractivity contribution in [3.63, 3.8) is 0 Å². The van der Waals surface area contributed by atoms with Gasteiger partial charge in [-0.1, -0.05) is 0 Å². The van der Waals surface area contributed by atoms with Gasteiger partial charge in [0.15, 0.2) is 0 Å². The molecule has 0 aromatic carbocycles. The summed E-state index contributed by atoms with van der Waals surface area (Å²) in [5.41, 5.74) is 1.08. The molecule has 1 N–H and O–H groups in total. The highest BCUT2D eigenvalue weighted by atomic mass is 79.9. The van der Waals surface area contributed by atoms with Gasteiger partial charge in [-0.3, -0.25) is 4.98 Å². The van der Waals surface area contributed by atoms with Crippen LogP contribution in [0.2, 0.25) is 0 Å². The van der Waals surface area contributed by atoms with Crippen LogP contribution in [0.25, 0.3) is 0 Å². The number of pyridine rings is 1. The molecule has 3 nitrogen and oxygen atoms in total. The molecule has 5 heteroatoms. The molecule has 2 unspecified atom stereocenters. The molecular formula is C14H20Br2N2O. The summed E-state index contributed by atoms with van der Waals surface area (Å²) in [4.78, 5) is 4.51. The van der Waals surface area contributed by atoms with Crippen LogP contribution in [0.4, 0.5) is 0 Å². The molecule has 1 aromatic heterocycles. The van der Waals surface area contributed by atoms with Gasteiger partial charge < -0.3 is 10.1 Å². The summed E-state index contributed by atoms with van der Waals surface area (Å²) < 4.78 is 7.71. The zero-order chi connectivity index (χ0) is 13.7. The number of ether oxygens (including phenoxy) is 1. The Morgan fingerprint density at radius 3 is 3.00 bits per heavy atom. The zero-order valence-electron chi connectivity index (χ0n) is 11.2. The lowest BCUT2D eigenvalue weighted by molar-refractivity contribution is 0.101. The van der Waals surface area contributed by atoms with Crippen molar-refractivity contribution in [1.82, 2.24) is 10.3 Å². The summed E-state index contributed by atoms with van der Waals surface area (Å²) >= 11 is 7.02. The van der Waals surface area contributed by atoms with E-state index in [0.29, 0.717) is 12.1 Å². The quantitative estimate of drug-likeness (QED) is 0.788. The average molecular weight is 392 g/mol. The Kier molecular flexibility index (Phi) is 6.26. The summed E-state index contributed by atoms with van der Waals surface area (Å²) in [5, 5.41) is 3.36. The molecule has 2 heterocycles. The van der Waals surface area contributed by atoms with Gasteiger partial charge in [0.05, 0.1) is 17.8 Å². The van der Waals surface area contributed by atoms with Crippen LogP contribution in [0.1, 0.15) is 43.8 Å². The maximum atomic E-state index is 5.66. The lowest BCUT2D eigenvalue weighted by Gasteiger charge is -2.18. The average Bonchev–Trinajstić information content (AvgIpc) is 2.89. The molecule has 1 fully saturated rings. The highest BCUT2D eigenvalue weighted by molar-refractivity contribution is 9.11. The molecule has 2 atom stereocenters. The fraction of sp³-hybridized carbons (Fsp3) is 0.643. The monoisotopic (exact) mass is 390 g/mol. The Labute approximate surface area is 131 Å². The molecule has 0 saturated carbocycles. The maximum absolute atomic E-state index is 5.66. The van der Waals surface area contributed by atoms with E-state index in [0.717, 1.165) is 34.1 Å². The number of aromatic nitrogens is 1. The second-order valence-electron chi connectivity index (χ2n) is 4.93. The predicted molar refractivity (Wildman–Crippen MR) is 84.3 cm³/mol. The fourth-order valence-corrected chi connectivity index (χ4v) is 3.78. The third kappa shape index (κ3) is 4.52. The van der Waals surface area contributed by atoms with Crippen molar-refractivity contribution in [1.29, 1.82) is 0 Å². The van der Waals surface area contributed by atoms with Crippen molar-refractivity contribution >= 4 is 31.9 Å². The van der Waals surface area contributed by atoms with Crippen molar-refractivity contribution in [3.05, 3.63) is 26.9 Å². The summed E-state index contributed by atoms with van der Waals surface area (Å²) in [6.07, 6.45) is 8.20. The molecule has 0 radical (unpaired) electrons. The molecule has 1 aromatic rings. The van der Waals surface area contributed by atoms with E-state index in [1.807, 2.05) is 19.3 Å². The molecule has 106 valence electrons. The summed E-state index contributed by atoms with van der Waals surface area (Å²) in [6.45, 7) is 0.944. The van der Waals surface area contributed by atoms with Crippen LogP contribution in [-0.2, 0) is 4.74 Å². The summed E-state index contributed by atoms with van der Waals surface area (Å²) in [7, 11) is 1.99. The van der Waals surface area contributed by atoms with E-state index in [4.69, 9.17) is 4.74 Å². The van der Waals surface area contributed by atoms with Crippen LogP contribution in [0.15, 0.2) is 21.2 Å². The number of nitrogens with zero attached hydrogens (tertiary/aromatic N) is 1. The Hall–Kier alpha value is 0.0300. The third-order valence-electron chi connectivity index (χ3n) is 3.56. The van der Waals surface area contributed by atoms with Crippen molar-refractivity contribution in [3.8, 4) is 0 Å². The van der Waals surface area contributed by atoms with Gasteiger partial charge in [0, 0.05) is 21.7 Å². The van der Waals surface area contributed by atoms with E-state index in [-0.39, 0.29) is 0 Å². The second kappa shape index (κ2) is 7.72. The van der Waals surface area contributed by atoms with E-state index in [2.05, 4.69) is 42.2 Å². The molecule has 2 rings (SSSR count). The lowest BCUT2D eigenvalue weighted by Crippen LogP contribution is -2.19. The van der Waals surface area contributed by atoms with Crippen molar-refractivity contribution in [2.75, 3.05) is 13.7 Å². The molecule has 0 amide bonds. The normalized spacial score (nSPS) is 20.7. The SMILES string of the molecule is CNC(CCCC1CCCO1)c1ncc(Br)cc1Br. The predicted octanol–water partition coefficient (Wildman–Crippen LogP) is 4.22. The van der Waals surface area contributed by atoms with Gasteiger partial charge in [0.2, 0.25) is 0 Å². The molecular weight excluding hydrogens is 372 g/mol. The second-order valence-corrected chi connectivity index (χ2v) is 6.70. The van der Waals surface area contributed by atoms with Crippen LogP contribution in [0.3, 0.4) is 0 Å². The molecule has 0 bridgehead atoms. The molecule has 0 aliphatic carbocycles. The van der Waals surface area contributed by atoms with E-state index < -0.39 is 0 Å². The van der Waals surface area contributed by atoms with Gasteiger partial charge in [0.25, 0.3) is 0 Å². The first-order valence-corrected chi connectivity index (χ1v) is 8.39. The number of hydrogen-bond acceptors (Lipinski definition) is 3. The smallest absolute Gasteiger partial charge is 0.0715 e. The molecule has 1 aliphatic rings. The van der Waals surface area contributed by atoms with Crippen LogP contribution in [-0.4, -0.2) is 24.7 Å². The Morgan fingerprint density at radius 1 is 1.53 bits per heavy atom. The van der Waals surface area contributed by atoms with Crippen molar-refractivity contribution in [2.45, 2.75) is 44.2 Å². The number of nitrogens with one attached hydrogen (secondary N) is 1. The Morgan fingerprint density at radius 2 is 2.37 bits per heavy atom. The van der Waals surface area contributed by atoms with E-state index in [1.165, 1.54) is 19.3 Å². The van der Waals surface area contributed by atoms with E-state index in [1.54, 1.807) is 0 Å². The van der Waals surface area contributed by atoms with E-state index >= 15 is 0 Å². The number of hydrogen-bond donors (Lipinski definition) is 1. The number of rotatable bonds is 6. The number of halogens is 2. The van der Waals surface area contributed by atoms with Gasteiger partial charge in [0.1, 0.15) is 0 Å². The fourth-order valence-electron chi connectivity index (χ4n) is 2.52. The topological polar surface area (TPSA) is 34.1 Å². The van der Waals surface area contributed by atoms with Gasteiger partial charge in [-0.05, 0) is 77.1 Å². The summed E-state index contributed by atoms with van der Waals surface area (Å²) in [5.74, 6) is 0. The first-order chi connectivity index (χ1) is 9.20. The van der Waals surface area contributed by atoms with Crippen LogP contribution >= 0.6 is 31.9 Å². The zero-order valence-corrected chi connectivity index (χ0v) is 14.3. The highest BCUT2D eigenvalue weighted by Crippen LogP contribution is 2.28. The minimum atomic E-state index is 0.295. The standard InChI is InChI=1S/C14H20Br2N2O/c1-17-13(6-2-4-11-5-3-7-19-11)14-12(16)8-10(15)9-18-14/h8-9,11,13,17H,2-7H2,1H3. The van der Waals surface area contributed by atoms with Gasteiger partial charge in [-0.25, -0.2) is 0 Å². The van der Waals surface area contributed by atoms with Crippen LogP contribution in [0.5, 0.6) is 0 Å². The first-order valence-electron chi connectivity index (χ1n) is 6.80. The van der Waals surface area contributed by atoms with Gasteiger partial charge in [-0.15, -0.1) is 0 Å². The minimum Gasteiger partial charge on any atom is -0.378 e.